The van der Waals surface area contributed by atoms with E-state index >= 15 is 0 Å². The number of rotatable bonds is 4. The van der Waals surface area contributed by atoms with Crippen molar-refractivity contribution in [2.24, 2.45) is 5.41 Å². The highest BCUT2D eigenvalue weighted by Gasteiger charge is 2.44. The van der Waals surface area contributed by atoms with Gasteiger partial charge in [-0.05, 0) is 63.3 Å². The number of aryl methyl sites for hydroxylation is 2. The molecule has 5 rings (SSSR count). The number of nitrogens with zero attached hydrogens (tertiary/aromatic N) is 4. The highest BCUT2D eigenvalue weighted by atomic mass is 16.3. The van der Waals surface area contributed by atoms with E-state index in [2.05, 4.69) is 31.9 Å². The van der Waals surface area contributed by atoms with Gasteiger partial charge in [0.25, 0.3) is 0 Å². The fraction of sp³-hybridized carbons (Fsp3) is 0.444. The van der Waals surface area contributed by atoms with Gasteiger partial charge in [0, 0.05) is 43.1 Å². The van der Waals surface area contributed by atoms with Crippen molar-refractivity contribution >= 4 is 11.9 Å². The van der Waals surface area contributed by atoms with Crippen LogP contribution in [0.25, 0.3) is 11.3 Å². The van der Waals surface area contributed by atoms with E-state index in [0.29, 0.717) is 12.5 Å². The monoisotopic (exact) mass is 444 g/mol. The van der Waals surface area contributed by atoms with Crippen LogP contribution in [0.2, 0.25) is 0 Å². The molecule has 0 bridgehead atoms. The van der Waals surface area contributed by atoms with E-state index in [1.807, 2.05) is 44.2 Å². The summed E-state index contributed by atoms with van der Waals surface area (Å²) in [6, 6.07) is 14.2. The second-order valence-electron chi connectivity index (χ2n) is 9.54. The molecule has 0 radical (unpaired) electrons. The lowest BCUT2D eigenvalue weighted by Gasteiger charge is -2.42. The fourth-order valence-corrected chi connectivity index (χ4v) is 5.44. The number of amides is 1. The maximum atomic E-state index is 13.9. The number of hydrogen-bond donors (Lipinski definition) is 0. The number of benzene rings is 1. The standard InChI is InChI=1S/C27H32N4O2/c1-20-18-21(2)29-26(28-20)30-15-12-27(13-16-30)11-5-6-14-31(25(27)32)19-22-8-3-4-9-23(22)24-10-7-17-33-24/h3-4,7-10,17-18H,5-6,11-16,19H2,1-2H3. The first-order chi connectivity index (χ1) is 16.0. The normalized spacial score (nSPS) is 18.5. The van der Waals surface area contributed by atoms with E-state index in [9.17, 15) is 4.79 Å². The van der Waals surface area contributed by atoms with Gasteiger partial charge in [-0.2, -0.15) is 0 Å². The Morgan fingerprint density at radius 2 is 1.70 bits per heavy atom. The lowest BCUT2D eigenvalue weighted by atomic mass is 9.74. The average Bonchev–Trinajstić information content (AvgIpc) is 3.31. The Kier molecular flexibility index (Phi) is 5.92. The molecular weight excluding hydrogens is 412 g/mol. The molecule has 2 saturated heterocycles. The van der Waals surface area contributed by atoms with Crippen LogP contribution in [0, 0.1) is 19.3 Å². The fourth-order valence-electron chi connectivity index (χ4n) is 5.44. The van der Waals surface area contributed by atoms with Gasteiger partial charge in [-0.1, -0.05) is 30.7 Å². The minimum absolute atomic E-state index is 0.272. The number of furan rings is 1. The molecule has 172 valence electrons. The van der Waals surface area contributed by atoms with Gasteiger partial charge in [-0.3, -0.25) is 4.79 Å². The Morgan fingerprint density at radius 1 is 0.939 bits per heavy atom. The molecule has 1 amide bonds. The molecule has 33 heavy (non-hydrogen) atoms. The van der Waals surface area contributed by atoms with Crippen molar-refractivity contribution in [1.82, 2.24) is 14.9 Å². The van der Waals surface area contributed by atoms with Crippen LogP contribution in [-0.4, -0.2) is 40.4 Å². The van der Waals surface area contributed by atoms with Crippen molar-refractivity contribution in [2.45, 2.75) is 52.5 Å². The predicted molar refractivity (Wildman–Crippen MR) is 129 cm³/mol. The number of aromatic nitrogens is 2. The number of carbonyl (C=O) groups excluding carboxylic acids is 1. The van der Waals surface area contributed by atoms with E-state index in [4.69, 9.17) is 4.42 Å². The molecular formula is C27H32N4O2. The zero-order valence-electron chi connectivity index (χ0n) is 19.6. The second-order valence-corrected chi connectivity index (χ2v) is 9.54. The van der Waals surface area contributed by atoms with E-state index < -0.39 is 0 Å². The summed E-state index contributed by atoms with van der Waals surface area (Å²) < 4.78 is 5.66. The van der Waals surface area contributed by atoms with Gasteiger partial charge in [0.2, 0.25) is 11.9 Å². The van der Waals surface area contributed by atoms with Gasteiger partial charge in [0.15, 0.2) is 0 Å². The number of likely N-dealkylation sites (tertiary alicyclic amines) is 1. The number of hydrogen-bond acceptors (Lipinski definition) is 5. The second kappa shape index (κ2) is 9.00. The number of carbonyl (C=O) groups is 1. The Labute approximate surface area is 195 Å². The molecule has 3 aromatic rings. The van der Waals surface area contributed by atoms with Crippen molar-refractivity contribution < 1.29 is 9.21 Å². The van der Waals surface area contributed by atoms with E-state index in [-0.39, 0.29) is 5.41 Å². The third-order valence-corrected chi connectivity index (χ3v) is 7.21. The van der Waals surface area contributed by atoms with Crippen LogP contribution in [0.5, 0.6) is 0 Å². The van der Waals surface area contributed by atoms with Crippen LogP contribution < -0.4 is 4.90 Å². The van der Waals surface area contributed by atoms with Crippen molar-refractivity contribution in [2.75, 3.05) is 24.5 Å². The highest BCUT2D eigenvalue weighted by molar-refractivity contribution is 5.83. The summed E-state index contributed by atoms with van der Waals surface area (Å²) >= 11 is 0. The molecule has 2 aliphatic heterocycles. The van der Waals surface area contributed by atoms with Gasteiger partial charge in [0.05, 0.1) is 11.7 Å². The van der Waals surface area contributed by atoms with Crippen LogP contribution in [0.4, 0.5) is 5.95 Å². The number of piperidine rings is 1. The first-order valence-electron chi connectivity index (χ1n) is 12.0. The van der Waals surface area contributed by atoms with Crippen LogP contribution in [0.3, 0.4) is 0 Å². The van der Waals surface area contributed by atoms with Gasteiger partial charge >= 0.3 is 0 Å². The molecule has 2 aliphatic rings. The van der Waals surface area contributed by atoms with Gasteiger partial charge in [-0.25, -0.2) is 9.97 Å². The van der Waals surface area contributed by atoms with Gasteiger partial charge in [0.1, 0.15) is 5.76 Å². The smallest absolute Gasteiger partial charge is 0.229 e. The van der Waals surface area contributed by atoms with E-state index in [1.165, 1.54) is 0 Å². The Hall–Kier alpha value is -3.15. The Bertz CT molecular complexity index is 1100. The molecule has 6 nitrogen and oxygen atoms in total. The molecule has 1 aromatic carbocycles. The van der Waals surface area contributed by atoms with Crippen molar-refractivity contribution in [3.8, 4) is 11.3 Å². The quantitative estimate of drug-likeness (QED) is 0.557. The summed E-state index contributed by atoms with van der Waals surface area (Å²) in [6.07, 6.45) is 6.55. The van der Waals surface area contributed by atoms with Crippen LogP contribution >= 0.6 is 0 Å². The van der Waals surface area contributed by atoms with Crippen molar-refractivity contribution in [3.05, 3.63) is 65.7 Å². The molecule has 1 spiro atoms. The maximum Gasteiger partial charge on any atom is 0.229 e. The summed E-state index contributed by atoms with van der Waals surface area (Å²) in [5.41, 5.74) is 3.91. The minimum atomic E-state index is -0.272. The molecule has 2 aromatic heterocycles. The molecule has 4 heterocycles. The highest BCUT2D eigenvalue weighted by Crippen LogP contribution is 2.41. The third kappa shape index (κ3) is 4.39. The SMILES string of the molecule is Cc1cc(C)nc(N2CCC3(CCCCN(Cc4ccccc4-c4ccco4)C3=O)CC2)n1. The van der Waals surface area contributed by atoms with Crippen molar-refractivity contribution in [3.63, 3.8) is 0 Å². The van der Waals surface area contributed by atoms with Crippen LogP contribution in [-0.2, 0) is 11.3 Å². The van der Waals surface area contributed by atoms with Gasteiger partial charge < -0.3 is 14.2 Å². The molecule has 0 atom stereocenters. The third-order valence-electron chi connectivity index (χ3n) is 7.21. The average molecular weight is 445 g/mol. The zero-order valence-corrected chi connectivity index (χ0v) is 19.6. The minimum Gasteiger partial charge on any atom is -0.464 e. The maximum absolute atomic E-state index is 13.9. The molecule has 0 N–H and O–H groups in total. The zero-order chi connectivity index (χ0) is 22.8. The number of anilines is 1. The Balaban J connectivity index is 1.34. The summed E-state index contributed by atoms with van der Waals surface area (Å²) in [5, 5.41) is 0. The largest absolute Gasteiger partial charge is 0.464 e. The molecule has 0 aliphatic carbocycles. The van der Waals surface area contributed by atoms with Crippen molar-refractivity contribution in [1.29, 1.82) is 0 Å². The summed E-state index contributed by atoms with van der Waals surface area (Å²) in [7, 11) is 0. The Morgan fingerprint density at radius 3 is 2.42 bits per heavy atom. The predicted octanol–water partition coefficient (Wildman–Crippen LogP) is 5.15. The lowest BCUT2D eigenvalue weighted by Crippen LogP contribution is -2.49. The summed E-state index contributed by atoms with van der Waals surface area (Å²) in [4.78, 5) is 27.6. The van der Waals surface area contributed by atoms with Crippen LogP contribution in [0.15, 0.2) is 53.1 Å². The van der Waals surface area contributed by atoms with E-state index in [1.54, 1.807) is 6.26 Å². The topological polar surface area (TPSA) is 62.5 Å². The molecule has 0 saturated carbocycles. The van der Waals surface area contributed by atoms with Crippen LogP contribution in [0.1, 0.15) is 49.1 Å². The summed E-state index contributed by atoms with van der Waals surface area (Å²) in [5.74, 6) is 1.97. The lowest BCUT2D eigenvalue weighted by molar-refractivity contribution is -0.143. The van der Waals surface area contributed by atoms with Gasteiger partial charge in [-0.15, -0.1) is 0 Å². The summed E-state index contributed by atoms with van der Waals surface area (Å²) in [6.45, 7) is 7.11. The molecule has 0 unspecified atom stereocenters. The first kappa shape index (κ1) is 21.7. The molecule has 2 fully saturated rings. The molecule has 6 heteroatoms. The first-order valence-corrected chi connectivity index (χ1v) is 12.0. The van der Waals surface area contributed by atoms with E-state index in [0.717, 1.165) is 86.0 Å².